The lowest BCUT2D eigenvalue weighted by Gasteiger charge is -2.18. The van der Waals surface area contributed by atoms with Crippen LogP contribution in [0.25, 0.3) is 0 Å². The average Bonchev–Trinajstić information content (AvgIpc) is 2.38. The Morgan fingerprint density at radius 2 is 2.17 bits per heavy atom. The Balaban J connectivity index is 2.55. The molecule has 0 aliphatic carbocycles. The van der Waals surface area contributed by atoms with E-state index in [0.29, 0.717) is 6.42 Å². The van der Waals surface area contributed by atoms with Crippen LogP contribution >= 0.6 is 0 Å². The summed E-state index contributed by atoms with van der Waals surface area (Å²) in [4.78, 5) is 2.18. The Hall–Kier alpha value is -1.97. The van der Waals surface area contributed by atoms with Crippen molar-refractivity contribution in [1.29, 1.82) is 5.26 Å². The molecule has 0 saturated carbocycles. The SMILES string of the molecule is C#CCOc1ccccc1CN(C)CCCC#N. The number of nitrogens with zero attached hydrogens (tertiary/aromatic N) is 2. The van der Waals surface area contributed by atoms with Crippen LogP contribution in [-0.2, 0) is 6.54 Å². The van der Waals surface area contributed by atoms with E-state index < -0.39 is 0 Å². The number of unbranched alkanes of at least 4 members (excludes halogenated alkanes) is 1. The third-order valence-electron chi connectivity index (χ3n) is 2.55. The molecular formula is C15H18N2O. The lowest BCUT2D eigenvalue weighted by atomic mass is 10.2. The van der Waals surface area contributed by atoms with Crippen molar-refractivity contribution in [2.75, 3.05) is 20.2 Å². The minimum atomic E-state index is 0.287. The molecular weight excluding hydrogens is 224 g/mol. The first-order valence-corrected chi connectivity index (χ1v) is 5.97. The van der Waals surface area contributed by atoms with Gasteiger partial charge in [0.05, 0.1) is 6.07 Å². The maximum Gasteiger partial charge on any atom is 0.148 e. The highest BCUT2D eigenvalue weighted by Crippen LogP contribution is 2.19. The van der Waals surface area contributed by atoms with E-state index in [1.165, 1.54) is 0 Å². The molecule has 3 heteroatoms. The lowest BCUT2D eigenvalue weighted by Crippen LogP contribution is -2.19. The number of benzene rings is 1. The number of nitriles is 1. The van der Waals surface area contributed by atoms with Crippen molar-refractivity contribution >= 4 is 0 Å². The van der Waals surface area contributed by atoms with Gasteiger partial charge in [0.25, 0.3) is 0 Å². The molecule has 0 aromatic heterocycles. The van der Waals surface area contributed by atoms with Crippen molar-refractivity contribution in [2.24, 2.45) is 0 Å². The minimum absolute atomic E-state index is 0.287. The standard InChI is InChI=1S/C15H18N2O/c1-3-12-18-15-9-5-4-8-14(15)13-17(2)11-7-6-10-16/h1,4-5,8-9H,6-7,11-13H2,2H3. The molecule has 0 bridgehead atoms. The lowest BCUT2D eigenvalue weighted by molar-refractivity contribution is 0.309. The summed E-state index contributed by atoms with van der Waals surface area (Å²) >= 11 is 0. The number of ether oxygens (including phenoxy) is 1. The van der Waals surface area contributed by atoms with E-state index in [9.17, 15) is 0 Å². The van der Waals surface area contributed by atoms with Crippen molar-refractivity contribution in [3.63, 3.8) is 0 Å². The summed E-state index contributed by atoms with van der Waals surface area (Å²) in [5.74, 6) is 3.30. The summed E-state index contributed by atoms with van der Waals surface area (Å²) in [6, 6.07) is 10.0. The number of hydrogen-bond acceptors (Lipinski definition) is 3. The van der Waals surface area contributed by atoms with Crippen LogP contribution < -0.4 is 4.74 Å². The summed E-state index contributed by atoms with van der Waals surface area (Å²) in [6.07, 6.45) is 6.68. The first kappa shape index (κ1) is 14.1. The van der Waals surface area contributed by atoms with Crippen LogP contribution in [0.15, 0.2) is 24.3 Å². The van der Waals surface area contributed by atoms with Crippen LogP contribution in [0.2, 0.25) is 0 Å². The molecule has 0 aliphatic rings. The molecule has 0 radical (unpaired) electrons. The zero-order chi connectivity index (χ0) is 13.2. The Labute approximate surface area is 109 Å². The van der Waals surface area contributed by atoms with E-state index in [1.807, 2.05) is 31.3 Å². The van der Waals surface area contributed by atoms with Crippen LogP contribution in [0.4, 0.5) is 0 Å². The number of rotatable bonds is 7. The second-order valence-corrected chi connectivity index (χ2v) is 4.10. The third kappa shape index (κ3) is 4.91. The third-order valence-corrected chi connectivity index (χ3v) is 2.55. The first-order chi connectivity index (χ1) is 8.77. The molecule has 0 saturated heterocycles. The highest BCUT2D eigenvalue weighted by Gasteiger charge is 2.05. The van der Waals surface area contributed by atoms with Gasteiger partial charge in [-0.1, -0.05) is 24.1 Å². The molecule has 0 unspecified atom stereocenters. The van der Waals surface area contributed by atoms with Gasteiger partial charge < -0.3 is 9.64 Å². The topological polar surface area (TPSA) is 36.3 Å². The van der Waals surface area contributed by atoms with Gasteiger partial charge in [0.15, 0.2) is 0 Å². The van der Waals surface area contributed by atoms with Crippen LogP contribution in [0.1, 0.15) is 18.4 Å². The summed E-state index contributed by atoms with van der Waals surface area (Å²) in [7, 11) is 2.04. The van der Waals surface area contributed by atoms with Crippen LogP contribution in [0.5, 0.6) is 5.75 Å². The molecule has 1 aromatic rings. The van der Waals surface area contributed by atoms with Crippen LogP contribution in [-0.4, -0.2) is 25.1 Å². The Kier molecular flexibility index (Phi) is 6.40. The normalized spacial score (nSPS) is 9.78. The maximum absolute atomic E-state index is 8.50. The van der Waals surface area contributed by atoms with Gasteiger partial charge in [0.1, 0.15) is 12.4 Å². The monoisotopic (exact) mass is 242 g/mol. The summed E-state index contributed by atoms with van der Waals surface area (Å²) in [5.41, 5.74) is 1.12. The molecule has 0 spiro atoms. The molecule has 0 N–H and O–H groups in total. The van der Waals surface area contributed by atoms with Crippen LogP contribution in [0.3, 0.4) is 0 Å². The fraction of sp³-hybridized carbons (Fsp3) is 0.400. The van der Waals surface area contributed by atoms with E-state index >= 15 is 0 Å². The number of terminal acetylenes is 1. The molecule has 1 aromatic carbocycles. The van der Waals surface area contributed by atoms with Gasteiger partial charge >= 0.3 is 0 Å². The Bertz CT molecular complexity index is 443. The van der Waals surface area contributed by atoms with E-state index in [4.69, 9.17) is 16.4 Å². The highest BCUT2D eigenvalue weighted by molar-refractivity contribution is 5.33. The number of hydrogen-bond donors (Lipinski definition) is 0. The molecule has 0 fully saturated rings. The van der Waals surface area contributed by atoms with Gasteiger partial charge in [-0.15, -0.1) is 6.42 Å². The summed E-state index contributed by atoms with van der Waals surface area (Å²) in [6.45, 7) is 1.98. The van der Waals surface area contributed by atoms with Gasteiger partial charge in [0, 0.05) is 18.5 Å². The zero-order valence-electron chi connectivity index (χ0n) is 10.7. The van der Waals surface area contributed by atoms with Crippen molar-refractivity contribution in [3.8, 4) is 24.2 Å². The summed E-state index contributed by atoms with van der Waals surface area (Å²) < 4.78 is 5.50. The predicted octanol–water partition coefficient (Wildman–Crippen LogP) is 2.43. The second-order valence-electron chi connectivity index (χ2n) is 4.10. The van der Waals surface area contributed by atoms with E-state index in [1.54, 1.807) is 0 Å². The molecule has 0 amide bonds. The zero-order valence-corrected chi connectivity index (χ0v) is 10.7. The van der Waals surface area contributed by atoms with Crippen molar-refractivity contribution < 1.29 is 4.74 Å². The highest BCUT2D eigenvalue weighted by atomic mass is 16.5. The average molecular weight is 242 g/mol. The van der Waals surface area contributed by atoms with Gasteiger partial charge in [-0.25, -0.2) is 0 Å². The number of para-hydroxylation sites is 1. The maximum atomic E-state index is 8.50. The molecule has 0 heterocycles. The Morgan fingerprint density at radius 3 is 2.89 bits per heavy atom. The molecule has 94 valence electrons. The second kappa shape index (κ2) is 8.17. The van der Waals surface area contributed by atoms with Crippen LogP contribution in [0, 0.1) is 23.7 Å². The minimum Gasteiger partial charge on any atom is -0.481 e. The van der Waals surface area contributed by atoms with Gasteiger partial charge in [-0.05, 0) is 26.1 Å². The van der Waals surface area contributed by atoms with Crippen molar-refractivity contribution in [1.82, 2.24) is 4.90 Å². The van der Waals surface area contributed by atoms with Crippen molar-refractivity contribution in [3.05, 3.63) is 29.8 Å². The molecule has 1 rings (SSSR count). The van der Waals surface area contributed by atoms with E-state index in [2.05, 4.69) is 16.9 Å². The molecule has 18 heavy (non-hydrogen) atoms. The van der Waals surface area contributed by atoms with Gasteiger partial charge in [-0.3, -0.25) is 0 Å². The van der Waals surface area contributed by atoms with E-state index in [-0.39, 0.29) is 6.61 Å². The molecule has 0 aliphatic heterocycles. The van der Waals surface area contributed by atoms with E-state index in [0.717, 1.165) is 30.8 Å². The van der Waals surface area contributed by atoms with Gasteiger partial charge in [-0.2, -0.15) is 5.26 Å². The fourth-order valence-corrected chi connectivity index (χ4v) is 1.69. The van der Waals surface area contributed by atoms with Gasteiger partial charge in [0.2, 0.25) is 0 Å². The largest absolute Gasteiger partial charge is 0.481 e. The van der Waals surface area contributed by atoms with Crippen molar-refractivity contribution in [2.45, 2.75) is 19.4 Å². The Morgan fingerprint density at radius 1 is 1.39 bits per heavy atom. The molecule has 0 atom stereocenters. The summed E-state index contributed by atoms with van der Waals surface area (Å²) in [5, 5.41) is 8.50. The fourth-order valence-electron chi connectivity index (χ4n) is 1.69. The smallest absolute Gasteiger partial charge is 0.148 e. The first-order valence-electron chi connectivity index (χ1n) is 5.97. The quantitative estimate of drug-likeness (QED) is 0.544. The molecule has 3 nitrogen and oxygen atoms in total. The predicted molar refractivity (Wildman–Crippen MR) is 72.0 cm³/mol.